The summed E-state index contributed by atoms with van der Waals surface area (Å²) in [5.74, 6) is -4.86. The minimum absolute atomic E-state index is 0.0284. The number of amides is 4. The zero-order valence-corrected chi connectivity index (χ0v) is 27.6. The third kappa shape index (κ3) is 4.73. The Morgan fingerprint density at radius 3 is 1.21 bits per heavy atom. The first kappa shape index (κ1) is 34.7. The van der Waals surface area contributed by atoms with Crippen LogP contribution in [0.4, 0.5) is 26.3 Å². The molecule has 2 unspecified atom stereocenters. The molecule has 0 saturated heterocycles. The van der Waals surface area contributed by atoms with Crippen LogP contribution >= 0.6 is 0 Å². The van der Waals surface area contributed by atoms with E-state index in [0.717, 1.165) is 12.1 Å². The minimum Gasteiger partial charge on any atom is -0.269 e. The van der Waals surface area contributed by atoms with Crippen LogP contribution in [0.1, 0.15) is 105 Å². The summed E-state index contributed by atoms with van der Waals surface area (Å²) in [6.07, 6.45) is -10.1. The molecule has 0 bridgehead atoms. The Bertz CT molecular complexity index is 2340. The minimum atomic E-state index is -4.95. The quantitative estimate of drug-likeness (QED) is 0.0684. The van der Waals surface area contributed by atoms with E-state index in [9.17, 15) is 56.0 Å². The summed E-state index contributed by atoms with van der Waals surface area (Å²) in [5, 5.41) is 21.6. The molecule has 5 aromatic rings. The number of nitrogens with zero attached hydrogens (tertiary/aromatic N) is 4. The number of unbranched alkanes of at least 4 members (excludes halogenated alkanes) is 2. The Labute approximate surface area is 291 Å². The van der Waals surface area contributed by atoms with Crippen LogP contribution < -0.4 is 0 Å². The third-order valence-electron chi connectivity index (χ3n) is 10.2. The molecule has 0 N–H and O–H groups in total. The maximum Gasteiger partial charge on any atom is 0.409 e. The molecule has 0 saturated carbocycles. The van der Waals surface area contributed by atoms with Crippen molar-refractivity contribution in [3.63, 3.8) is 0 Å². The van der Waals surface area contributed by atoms with E-state index in [2.05, 4.69) is 0 Å². The van der Waals surface area contributed by atoms with Crippen molar-refractivity contribution in [2.24, 2.45) is 0 Å². The van der Waals surface area contributed by atoms with Crippen LogP contribution in [0.5, 0.6) is 0 Å². The molecule has 264 valence electrons. The molecule has 0 aliphatic carbocycles. The molecular weight excluding hydrogens is 690 g/mol. The van der Waals surface area contributed by atoms with E-state index in [-0.39, 0.29) is 99.1 Å². The van der Waals surface area contributed by atoms with Crippen molar-refractivity contribution in [1.82, 2.24) is 9.80 Å². The standard InChI is InChI=1S/C38H26F6N4O4/c1-3-5-7-25(37(39,40)41)47-33(49)21-11-9-19-28-18(16-46)14-24-30-22(34(50)48(36(24)52)26(8-6-4-2)38(42,43)44)12-10-20(32(28)30)27-17(15-45)13-23(35(47)51)29(21)31(19)27/h9-14,25-26H,3-8H2,1-2H3. The summed E-state index contributed by atoms with van der Waals surface area (Å²) < 4.78 is 86.1. The second-order valence-electron chi connectivity index (χ2n) is 13.1. The van der Waals surface area contributed by atoms with Gasteiger partial charge in [0.25, 0.3) is 23.6 Å². The van der Waals surface area contributed by atoms with E-state index in [4.69, 9.17) is 0 Å². The maximum atomic E-state index is 14.4. The van der Waals surface area contributed by atoms with Gasteiger partial charge >= 0.3 is 12.4 Å². The van der Waals surface area contributed by atoms with Crippen LogP contribution in [0, 0.1) is 22.7 Å². The first-order chi connectivity index (χ1) is 24.6. The van der Waals surface area contributed by atoms with Crippen molar-refractivity contribution in [3.05, 3.63) is 69.8 Å². The van der Waals surface area contributed by atoms with Crippen LogP contribution in [0.2, 0.25) is 0 Å². The number of carbonyl (C=O) groups is 4. The summed E-state index contributed by atoms with van der Waals surface area (Å²) in [7, 11) is 0. The Balaban J connectivity index is 1.56. The molecular formula is C38H26F6N4O4. The molecule has 0 radical (unpaired) electrons. The van der Waals surface area contributed by atoms with E-state index in [0.29, 0.717) is 12.8 Å². The van der Waals surface area contributed by atoms with Crippen molar-refractivity contribution < 1.29 is 45.5 Å². The largest absolute Gasteiger partial charge is 0.409 e. The number of nitriles is 2. The molecule has 52 heavy (non-hydrogen) atoms. The average Bonchev–Trinajstić information content (AvgIpc) is 3.10. The lowest BCUT2D eigenvalue weighted by atomic mass is 9.79. The van der Waals surface area contributed by atoms with Gasteiger partial charge in [0, 0.05) is 43.4 Å². The second-order valence-corrected chi connectivity index (χ2v) is 13.1. The predicted molar refractivity (Wildman–Crippen MR) is 177 cm³/mol. The second kappa shape index (κ2) is 11.9. The molecule has 14 heteroatoms. The first-order valence-corrected chi connectivity index (χ1v) is 16.6. The highest BCUT2D eigenvalue weighted by atomic mass is 19.4. The fraction of sp³-hybridized carbons (Fsp3) is 0.316. The van der Waals surface area contributed by atoms with Crippen molar-refractivity contribution in [2.45, 2.75) is 76.8 Å². The van der Waals surface area contributed by atoms with Gasteiger partial charge in [-0.05, 0) is 47.9 Å². The van der Waals surface area contributed by atoms with Gasteiger partial charge in [0.05, 0.1) is 34.4 Å². The highest BCUT2D eigenvalue weighted by molar-refractivity contribution is 6.42. The Hall–Kier alpha value is -5.76. The van der Waals surface area contributed by atoms with Gasteiger partial charge in [0.1, 0.15) is 12.1 Å². The number of imide groups is 2. The van der Waals surface area contributed by atoms with Gasteiger partial charge in [0.15, 0.2) is 0 Å². The number of hydrogen-bond donors (Lipinski definition) is 0. The molecule has 2 heterocycles. The normalized spacial score (nSPS) is 16.0. The Kier molecular flexibility index (Phi) is 7.94. The number of hydrogen-bond acceptors (Lipinski definition) is 6. The summed E-state index contributed by atoms with van der Waals surface area (Å²) in [4.78, 5) is 56.0. The first-order valence-electron chi connectivity index (χ1n) is 16.6. The molecule has 2 aliphatic rings. The highest BCUT2D eigenvalue weighted by Gasteiger charge is 2.52. The van der Waals surface area contributed by atoms with Crippen LogP contribution in [0.3, 0.4) is 0 Å². The monoisotopic (exact) mass is 716 g/mol. The van der Waals surface area contributed by atoms with Crippen molar-refractivity contribution in [3.8, 4) is 12.1 Å². The fourth-order valence-electron chi connectivity index (χ4n) is 7.92. The lowest BCUT2D eigenvalue weighted by Crippen LogP contribution is -2.53. The van der Waals surface area contributed by atoms with Crippen molar-refractivity contribution in [1.29, 1.82) is 10.5 Å². The van der Waals surface area contributed by atoms with Crippen LogP contribution in [-0.4, -0.2) is 57.9 Å². The topological polar surface area (TPSA) is 122 Å². The number of carbonyl (C=O) groups excluding carboxylic acids is 4. The summed E-state index contributed by atoms with van der Waals surface area (Å²) in [5.41, 5.74) is -1.48. The number of alkyl halides is 6. The molecule has 2 atom stereocenters. The predicted octanol–water partition coefficient (Wildman–Crippen LogP) is 8.91. The zero-order valence-electron chi connectivity index (χ0n) is 27.6. The number of fused-ring (bicyclic) bond motifs is 2. The lowest BCUT2D eigenvalue weighted by molar-refractivity contribution is -0.173. The average molecular weight is 717 g/mol. The smallest absolute Gasteiger partial charge is 0.269 e. The van der Waals surface area contributed by atoms with Crippen LogP contribution in [0.15, 0.2) is 36.4 Å². The number of halogens is 6. The van der Waals surface area contributed by atoms with Crippen molar-refractivity contribution >= 4 is 66.7 Å². The summed E-state index contributed by atoms with van der Waals surface area (Å²) in [6, 6.07) is 6.51. The molecule has 7 rings (SSSR count). The Morgan fingerprint density at radius 2 is 0.904 bits per heavy atom. The van der Waals surface area contributed by atoms with E-state index in [1.807, 2.05) is 12.1 Å². The lowest BCUT2D eigenvalue weighted by Gasteiger charge is -2.36. The third-order valence-corrected chi connectivity index (χ3v) is 10.2. The van der Waals surface area contributed by atoms with Gasteiger partial charge in [-0.15, -0.1) is 0 Å². The molecule has 0 spiro atoms. The van der Waals surface area contributed by atoms with Gasteiger partial charge in [-0.2, -0.15) is 36.9 Å². The zero-order chi connectivity index (χ0) is 37.6. The molecule has 5 aromatic carbocycles. The van der Waals surface area contributed by atoms with Gasteiger partial charge < -0.3 is 0 Å². The van der Waals surface area contributed by atoms with Crippen LogP contribution in [0.25, 0.3) is 43.1 Å². The fourth-order valence-corrected chi connectivity index (χ4v) is 7.92. The van der Waals surface area contributed by atoms with E-state index >= 15 is 0 Å². The summed E-state index contributed by atoms with van der Waals surface area (Å²) >= 11 is 0. The molecule has 0 aromatic heterocycles. The molecule has 8 nitrogen and oxygen atoms in total. The summed E-state index contributed by atoms with van der Waals surface area (Å²) in [6.45, 7) is 3.34. The van der Waals surface area contributed by atoms with E-state index < -0.39 is 60.9 Å². The van der Waals surface area contributed by atoms with Crippen LogP contribution in [-0.2, 0) is 0 Å². The SMILES string of the molecule is CCCCC(N1C(=O)c2ccc3c4c(C#N)cc5c6c(ccc(c7c(C#N)cc(c2c37)C1=O)c64)C(=O)N(C(CCCC)C(F)(F)F)C5=O)C(F)(F)F. The van der Waals surface area contributed by atoms with Gasteiger partial charge in [-0.25, -0.2) is 0 Å². The molecule has 0 fully saturated rings. The maximum absolute atomic E-state index is 14.4. The molecule has 4 amide bonds. The van der Waals surface area contributed by atoms with Gasteiger partial charge in [-0.3, -0.25) is 29.0 Å². The van der Waals surface area contributed by atoms with Crippen molar-refractivity contribution in [2.75, 3.05) is 0 Å². The van der Waals surface area contributed by atoms with Gasteiger partial charge in [0.2, 0.25) is 0 Å². The Morgan fingerprint density at radius 1 is 0.558 bits per heavy atom. The number of benzene rings is 5. The number of rotatable bonds is 8. The van der Waals surface area contributed by atoms with E-state index in [1.165, 1.54) is 24.3 Å². The highest BCUT2D eigenvalue weighted by Crippen LogP contribution is 2.49. The van der Waals surface area contributed by atoms with Gasteiger partial charge in [-0.1, -0.05) is 51.7 Å². The molecule has 2 aliphatic heterocycles. The van der Waals surface area contributed by atoms with E-state index in [1.54, 1.807) is 13.8 Å².